The Kier molecular flexibility index (Phi) is 9.86. The minimum Gasteiger partial charge on any atom is -0.497 e. The van der Waals surface area contributed by atoms with Gasteiger partial charge in [0.25, 0.3) is 0 Å². The van der Waals surface area contributed by atoms with Crippen LogP contribution in [-0.4, -0.2) is 58.7 Å². The average Bonchev–Trinajstić information content (AvgIpc) is 3.43. The smallest absolute Gasteiger partial charge is 0.348 e. The number of esters is 2. The van der Waals surface area contributed by atoms with Crippen molar-refractivity contribution in [2.45, 2.75) is 32.5 Å². The van der Waals surface area contributed by atoms with Crippen LogP contribution in [0.4, 0.5) is 5.00 Å². The van der Waals surface area contributed by atoms with Crippen molar-refractivity contribution >= 4 is 45.9 Å². The maximum Gasteiger partial charge on any atom is 0.348 e. The number of rotatable bonds is 12. The molecule has 2 heterocycles. The molecule has 1 N–H and O–H groups in total. The molecule has 37 heavy (non-hydrogen) atoms. The van der Waals surface area contributed by atoms with E-state index < -0.39 is 11.9 Å². The van der Waals surface area contributed by atoms with Crippen LogP contribution in [-0.2, 0) is 20.8 Å². The molecule has 0 saturated heterocycles. The number of aromatic nitrogens is 3. The second-order valence-corrected chi connectivity index (χ2v) is 9.44. The number of anilines is 1. The van der Waals surface area contributed by atoms with Crippen LogP contribution in [0.3, 0.4) is 0 Å². The largest absolute Gasteiger partial charge is 0.497 e. The predicted molar refractivity (Wildman–Crippen MR) is 143 cm³/mol. The van der Waals surface area contributed by atoms with Crippen molar-refractivity contribution < 1.29 is 28.6 Å². The topological polar surface area (TPSA) is 122 Å². The number of carbonyl (C=O) groups is 3. The molecule has 1 aromatic carbocycles. The number of hydrogen-bond donors (Lipinski definition) is 1. The van der Waals surface area contributed by atoms with Crippen LogP contribution in [0.15, 0.2) is 42.1 Å². The monoisotopic (exact) mass is 544 g/mol. The van der Waals surface area contributed by atoms with Gasteiger partial charge in [0.1, 0.15) is 15.6 Å². The van der Waals surface area contributed by atoms with Gasteiger partial charge < -0.3 is 19.5 Å². The van der Waals surface area contributed by atoms with Crippen LogP contribution in [0.2, 0.25) is 0 Å². The Labute approximate surface area is 223 Å². The molecule has 0 aliphatic rings. The Balaban J connectivity index is 1.81. The Hall–Kier alpha value is -3.64. The molecule has 0 unspecified atom stereocenters. The first-order chi connectivity index (χ1) is 17.8. The fraction of sp³-hybridized carbons (Fsp3) is 0.320. The van der Waals surface area contributed by atoms with Crippen molar-refractivity contribution in [2.75, 3.05) is 31.4 Å². The molecule has 0 aliphatic carbocycles. The number of nitrogens with zero attached hydrogens (tertiary/aromatic N) is 3. The second kappa shape index (κ2) is 13.1. The van der Waals surface area contributed by atoms with Crippen molar-refractivity contribution in [3.05, 3.63) is 52.9 Å². The lowest BCUT2D eigenvalue weighted by molar-refractivity contribution is -0.113. The fourth-order valence-corrected chi connectivity index (χ4v) is 5.25. The summed E-state index contributed by atoms with van der Waals surface area (Å²) in [5, 5.41) is 12.0. The molecule has 10 nitrogen and oxygen atoms in total. The number of hydrogen-bond acceptors (Lipinski definition) is 10. The van der Waals surface area contributed by atoms with E-state index in [4.69, 9.17) is 14.2 Å². The number of amides is 1. The van der Waals surface area contributed by atoms with Gasteiger partial charge in [-0.3, -0.25) is 9.36 Å². The maximum absolute atomic E-state index is 12.9. The molecule has 0 aliphatic heterocycles. The zero-order chi connectivity index (χ0) is 26.9. The summed E-state index contributed by atoms with van der Waals surface area (Å²) in [4.78, 5) is 38.0. The number of carbonyl (C=O) groups excluding carboxylic acids is 3. The number of thiophene rings is 1. The van der Waals surface area contributed by atoms with Crippen molar-refractivity contribution in [1.82, 2.24) is 14.8 Å². The number of allylic oxidation sites excluding steroid dienone is 1. The molecule has 0 fully saturated rings. The third-order valence-electron chi connectivity index (χ3n) is 5.03. The van der Waals surface area contributed by atoms with Crippen molar-refractivity contribution in [3.63, 3.8) is 0 Å². The lowest BCUT2D eigenvalue weighted by Crippen LogP contribution is -2.17. The SMILES string of the molecule is C=CCn1c(SCC(=O)Nc2sc(C(=O)OCC)c(C)c2C(=O)OCC)nnc1-c1cccc(OC)c1. The number of benzene rings is 1. The summed E-state index contributed by atoms with van der Waals surface area (Å²) >= 11 is 2.16. The van der Waals surface area contributed by atoms with Crippen LogP contribution < -0.4 is 10.1 Å². The van der Waals surface area contributed by atoms with Crippen LogP contribution in [0.25, 0.3) is 11.4 Å². The molecule has 0 bridgehead atoms. The Bertz CT molecular complexity index is 1300. The van der Waals surface area contributed by atoms with Gasteiger partial charge in [-0.2, -0.15) is 0 Å². The fourth-order valence-electron chi connectivity index (χ4n) is 3.40. The molecule has 12 heteroatoms. The summed E-state index contributed by atoms with van der Waals surface area (Å²) in [6.07, 6.45) is 1.72. The van der Waals surface area contributed by atoms with E-state index in [0.717, 1.165) is 16.9 Å². The van der Waals surface area contributed by atoms with Crippen molar-refractivity contribution in [3.8, 4) is 17.1 Å². The van der Waals surface area contributed by atoms with E-state index >= 15 is 0 Å². The van der Waals surface area contributed by atoms with Gasteiger partial charge >= 0.3 is 11.9 Å². The second-order valence-electron chi connectivity index (χ2n) is 7.48. The van der Waals surface area contributed by atoms with E-state index in [1.807, 2.05) is 28.8 Å². The molecule has 196 valence electrons. The summed E-state index contributed by atoms with van der Waals surface area (Å²) in [6.45, 7) is 9.58. The molecule has 0 saturated carbocycles. The number of methoxy groups -OCH3 is 1. The average molecular weight is 545 g/mol. The molecule has 2 aromatic heterocycles. The summed E-state index contributed by atoms with van der Waals surface area (Å²) in [7, 11) is 1.59. The van der Waals surface area contributed by atoms with Gasteiger partial charge in [0.05, 0.1) is 31.6 Å². The first kappa shape index (κ1) is 27.9. The summed E-state index contributed by atoms with van der Waals surface area (Å²) in [5.41, 5.74) is 1.35. The molecule has 3 rings (SSSR count). The minimum atomic E-state index is -0.622. The first-order valence-electron chi connectivity index (χ1n) is 11.4. The quantitative estimate of drug-likeness (QED) is 0.198. The minimum absolute atomic E-state index is 0.0126. The predicted octanol–water partition coefficient (Wildman–Crippen LogP) is 4.59. The van der Waals surface area contributed by atoms with Gasteiger partial charge in [0, 0.05) is 12.1 Å². The van der Waals surface area contributed by atoms with Gasteiger partial charge in [0.15, 0.2) is 11.0 Å². The third-order valence-corrected chi connectivity index (χ3v) is 7.18. The van der Waals surface area contributed by atoms with Gasteiger partial charge in [-0.05, 0) is 38.5 Å². The van der Waals surface area contributed by atoms with E-state index in [2.05, 4.69) is 22.1 Å². The van der Waals surface area contributed by atoms with Gasteiger partial charge in [0.2, 0.25) is 5.91 Å². The standard InChI is InChI=1S/C25H28N4O6S2/c1-6-12-29-21(16-10-9-11-17(13-16)33-5)27-28-25(29)36-14-18(30)26-22-19(23(31)34-7-2)15(4)20(37-22)24(32)35-8-3/h6,9-11,13H,1,7-8,12,14H2,2-5H3,(H,26,30). The summed E-state index contributed by atoms with van der Waals surface area (Å²) < 4.78 is 17.4. The zero-order valence-corrected chi connectivity index (χ0v) is 22.7. The van der Waals surface area contributed by atoms with Crippen molar-refractivity contribution in [2.24, 2.45) is 0 Å². The molecular weight excluding hydrogens is 516 g/mol. The molecular formula is C25H28N4O6S2. The number of ether oxygens (including phenoxy) is 3. The molecule has 0 radical (unpaired) electrons. The summed E-state index contributed by atoms with van der Waals surface area (Å²) in [5.74, 6) is -0.287. The van der Waals surface area contributed by atoms with Crippen LogP contribution in [0.1, 0.15) is 39.4 Å². The van der Waals surface area contributed by atoms with Gasteiger partial charge in [-0.1, -0.05) is 30.0 Å². The van der Waals surface area contributed by atoms with Crippen LogP contribution in [0, 0.1) is 6.92 Å². The van der Waals surface area contributed by atoms with Crippen LogP contribution >= 0.6 is 23.1 Å². The third kappa shape index (κ3) is 6.57. The van der Waals surface area contributed by atoms with E-state index in [1.54, 1.807) is 34.0 Å². The summed E-state index contributed by atoms with van der Waals surface area (Å²) in [6, 6.07) is 7.43. The van der Waals surface area contributed by atoms with Crippen molar-refractivity contribution in [1.29, 1.82) is 0 Å². The highest BCUT2D eigenvalue weighted by atomic mass is 32.2. The zero-order valence-electron chi connectivity index (χ0n) is 21.0. The molecule has 1 amide bonds. The Morgan fingerprint density at radius 2 is 1.89 bits per heavy atom. The highest BCUT2D eigenvalue weighted by molar-refractivity contribution is 7.99. The molecule has 0 spiro atoms. The first-order valence-corrected chi connectivity index (χ1v) is 13.2. The van der Waals surface area contributed by atoms with E-state index in [1.165, 1.54) is 11.8 Å². The molecule has 3 aromatic rings. The lowest BCUT2D eigenvalue weighted by Gasteiger charge is -2.09. The highest BCUT2D eigenvalue weighted by Gasteiger charge is 2.27. The highest BCUT2D eigenvalue weighted by Crippen LogP contribution is 2.35. The van der Waals surface area contributed by atoms with Gasteiger partial charge in [-0.15, -0.1) is 28.1 Å². The normalized spacial score (nSPS) is 10.6. The maximum atomic E-state index is 12.9. The number of nitrogens with one attached hydrogen (secondary N) is 1. The lowest BCUT2D eigenvalue weighted by atomic mass is 10.1. The number of thioether (sulfide) groups is 1. The van der Waals surface area contributed by atoms with Gasteiger partial charge in [-0.25, -0.2) is 9.59 Å². The van der Waals surface area contributed by atoms with E-state index in [9.17, 15) is 14.4 Å². The Morgan fingerprint density at radius 1 is 1.16 bits per heavy atom. The Morgan fingerprint density at radius 3 is 2.57 bits per heavy atom. The van der Waals surface area contributed by atoms with Crippen LogP contribution in [0.5, 0.6) is 5.75 Å². The van der Waals surface area contributed by atoms with E-state index in [0.29, 0.717) is 28.8 Å². The molecule has 0 atom stereocenters. The van der Waals surface area contributed by atoms with E-state index in [-0.39, 0.29) is 40.3 Å².